The number of carbonyl (C=O) groups excluding carboxylic acids is 1. The first kappa shape index (κ1) is 19.0. The molecule has 0 aliphatic heterocycles. The number of hydrogen-bond acceptors (Lipinski definition) is 4. The third-order valence-corrected chi connectivity index (χ3v) is 5.21. The first-order valence-corrected chi connectivity index (χ1v) is 9.55. The monoisotopic (exact) mass is 389 g/mol. The molecule has 0 saturated heterocycles. The minimum absolute atomic E-state index is 0.149. The minimum atomic E-state index is -0.411. The number of aromatic nitrogens is 1. The van der Waals surface area contributed by atoms with Crippen LogP contribution in [0.25, 0.3) is 21.7 Å². The Kier molecular flexibility index (Phi) is 5.23. The van der Waals surface area contributed by atoms with E-state index in [0.717, 1.165) is 27.5 Å². The van der Waals surface area contributed by atoms with Crippen LogP contribution < -0.4 is 0 Å². The Morgan fingerprint density at radius 2 is 1.66 bits per heavy atom. The molecule has 0 atom stereocenters. The fourth-order valence-corrected chi connectivity index (χ4v) is 3.83. The fraction of sp³-hybridized carbons (Fsp3) is 0.208. The highest BCUT2D eigenvalue weighted by molar-refractivity contribution is 6.16. The second-order valence-corrected chi connectivity index (χ2v) is 7.00. The standard InChI is InChI=1S/C24H23NO4/c1-16-22(24(27)29-13-12-28-2)20-14-21(26)18-10-6-7-11-19(18)23(20)25(16)15-17-8-4-3-5-9-17/h3-11,14,26H,12-13,15H2,1-2H3. The van der Waals surface area contributed by atoms with Crippen LogP contribution in [-0.2, 0) is 16.0 Å². The van der Waals surface area contributed by atoms with Gasteiger partial charge in [-0.05, 0) is 18.6 Å². The van der Waals surface area contributed by atoms with Crippen LogP contribution in [0.2, 0.25) is 0 Å². The number of phenolic OH excluding ortho intramolecular Hbond substituents is 1. The summed E-state index contributed by atoms with van der Waals surface area (Å²) in [5.74, 6) is -0.262. The zero-order chi connectivity index (χ0) is 20.4. The highest BCUT2D eigenvalue weighted by atomic mass is 16.6. The SMILES string of the molecule is COCCOC(=O)c1c(C)n(Cc2ccccc2)c2c1cc(O)c1ccccc12. The number of benzene rings is 3. The molecule has 29 heavy (non-hydrogen) atoms. The first-order valence-electron chi connectivity index (χ1n) is 9.55. The lowest BCUT2D eigenvalue weighted by molar-refractivity contribution is 0.0389. The highest BCUT2D eigenvalue weighted by Crippen LogP contribution is 2.38. The van der Waals surface area contributed by atoms with Gasteiger partial charge in [-0.25, -0.2) is 4.79 Å². The molecule has 0 fully saturated rings. The molecule has 4 aromatic rings. The van der Waals surface area contributed by atoms with Crippen LogP contribution in [0.1, 0.15) is 21.6 Å². The Labute approximate surface area is 169 Å². The summed E-state index contributed by atoms with van der Waals surface area (Å²) in [5, 5.41) is 12.9. The van der Waals surface area contributed by atoms with Crippen molar-refractivity contribution in [2.45, 2.75) is 13.5 Å². The number of hydrogen-bond donors (Lipinski definition) is 1. The molecule has 0 unspecified atom stereocenters. The summed E-state index contributed by atoms with van der Waals surface area (Å²) in [6, 6.07) is 19.5. The molecule has 0 aliphatic rings. The van der Waals surface area contributed by atoms with Crippen molar-refractivity contribution in [2.75, 3.05) is 20.3 Å². The van der Waals surface area contributed by atoms with Crippen molar-refractivity contribution in [3.8, 4) is 5.75 Å². The molecule has 4 rings (SSSR count). The van der Waals surface area contributed by atoms with Crippen molar-refractivity contribution >= 4 is 27.6 Å². The smallest absolute Gasteiger partial charge is 0.340 e. The highest BCUT2D eigenvalue weighted by Gasteiger charge is 2.24. The van der Waals surface area contributed by atoms with Crippen molar-refractivity contribution in [3.63, 3.8) is 0 Å². The van der Waals surface area contributed by atoms with Gasteiger partial charge in [-0.2, -0.15) is 0 Å². The van der Waals surface area contributed by atoms with Crippen LogP contribution in [0.5, 0.6) is 5.75 Å². The average Bonchev–Trinajstić information content (AvgIpc) is 3.00. The van der Waals surface area contributed by atoms with Crippen LogP contribution in [0, 0.1) is 6.92 Å². The van der Waals surface area contributed by atoms with E-state index in [9.17, 15) is 9.90 Å². The van der Waals surface area contributed by atoms with Crippen LogP contribution in [0.3, 0.4) is 0 Å². The quantitative estimate of drug-likeness (QED) is 0.385. The lowest BCUT2D eigenvalue weighted by atomic mass is 10.0. The van der Waals surface area contributed by atoms with Gasteiger partial charge in [-0.3, -0.25) is 0 Å². The summed E-state index contributed by atoms with van der Waals surface area (Å²) in [7, 11) is 1.56. The Balaban J connectivity index is 1.96. The lowest BCUT2D eigenvalue weighted by Crippen LogP contribution is -2.11. The van der Waals surface area contributed by atoms with Gasteiger partial charge in [-0.1, -0.05) is 54.6 Å². The van der Waals surface area contributed by atoms with E-state index < -0.39 is 5.97 Å². The molecule has 0 amide bonds. The molecule has 0 spiro atoms. The van der Waals surface area contributed by atoms with E-state index in [0.29, 0.717) is 24.1 Å². The van der Waals surface area contributed by atoms with E-state index in [2.05, 4.69) is 16.7 Å². The molecule has 148 valence electrons. The molecule has 1 aromatic heterocycles. The van der Waals surface area contributed by atoms with Crippen molar-refractivity contribution in [2.24, 2.45) is 0 Å². The molecule has 0 radical (unpaired) electrons. The molecule has 0 aliphatic carbocycles. The molecule has 1 N–H and O–H groups in total. The van der Waals surface area contributed by atoms with Crippen molar-refractivity contribution in [3.05, 3.63) is 77.5 Å². The second-order valence-electron chi connectivity index (χ2n) is 7.00. The van der Waals surface area contributed by atoms with Crippen molar-refractivity contribution in [1.29, 1.82) is 0 Å². The third kappa shape index (κ3) is 3.45. The number of nitrogens with zero attached hydrogens (tertiary/aromatic N) is 1. The van der Waals surface area contributed by atoms with E-state index in [1.165, 1.54) is 0 Å². The van der Waals surface area contributed by atoms with Crippen LogP contribution in [-0.4, -0.2) is 36.0 Å². The van der Waals surface area contributed by atoms with E-state index in [1.807, 2.05) is 49.4 Å². The maximum atomic E-state index is 12.9. The number of aromatic hydroxyl groups is 1. The zero-order valence-corrected chi connectivity index (χ0v) is 16.5. The Morgan fingerprint density at radius 3 is 2.38 bits per heavy atom. The van der Waals surface area contributed by atoms with E-state index >= 15 is 0 Å². The largest absolute Gasteiger partial charge is 0.507 e. The van der Waals surface area contributed by atoms with Gasteiger partial charge >= 0.3 is 5.97 Å². The molecular weight excluding hydrogens is 366 g/mol. The molecule has 5 heteroatoms. The predicted molar refractivity (Wildman–Crippen MR) is 114 cm³/mol. The van der Waals surface area contributed by atoms with Gasteiger partial charge < -0.3 is 19.1 Å². The Morgan fingerprint density at radius 1 is 0.966 bits per heavy atom. The normalized spacial score (nSPS) is 11.2. The topological polar surface area (TPSA) is 60.7 Å². The maximum Gasteiger partial charge on any atom is 0.340 e. The number of fused-ring (bicyclic) bond motifs is 3. The summed E-state index contributed by atoms with van der Waals surface area (Å²) in [4.78, 5) is 12.9. The Bertz CT molecular complexity index is 1180. The second kappa shape index (κ2) is 7.97. The van der Waals surface area contributed by atoms with Gasteiger partial charge in [0.1, 0.15) is 12.4 Å². The number of phenols is 1. The fourth-order valence-electron chi connectivity index (χ4n) is 3.83. The van der Waals surface area contributed by atoms with Gasteiger partial charge in [-0.15, -0.1) is 0 Å². The molecule has 1 heterocycles. The minimum Gasteiger partial charge on any atom is -0.507 e. The number of ether oxygens (including phenoxy) is 2. The predicted octanol–water partition coefficient (Wildman–Crippen LogP) is 4.66. The van der Waals surface area contributed by atoms with Crippen LogP contribution in [0.15, 0.2) is 60.7 Å². The summed E-state index contributed by atoms with van der Waals surface area (Å²) in [5.41, 5.74) is 3.33. The first-order chi connectivity index (χ1) is 14.1. The Hall–Kier alpha value is -3.31. The number of carbonyl (C=O) groups is 1. The van der Waals surface area contributed by atoms with Gasteiger partial charge in [0, 0.05) is 35.5 Å². The number of esters is 1. The summed E-state index contributed by atoms with van der Waals surface area (Å²) in [6.45, 7) is 3.05. The maximum absolute atomic E-state index is 12.9. The molecule has 5 nitrogen and oxygen atoms in total. The van der Waals surface area contributed by atoms with Gasteiger partial charge in [0.05, 0.1) is 17.7 Å². The summed E-state index contributed by atoms with van der Waals surface area (Å²) >= 11 is 0. The summed E-state index contributed by atoms with van der Waals surface area (Å²) < 4.78 is 12.5. The van der Waals surface area contributed by atoms with Crippen LogP contribution >= 0.6 is 0 Å². The zero-order valence-electron chi connectivity index (χ0n) is 16.5. The molecule has 0 bridgehead atoms. The molecule has 3 aromatic carbocycles. The van der Waals surface area contributed by atoms with Crippen molar-refractivity contribution < 1.29 is 19.4 Å². The van der Waals surface area contributed by atoms with E-state index in [4.69, 9.17) is 9.47 Å². The van der Waals surface area contributed by atoms with Gasteiger partial charge in [0.2, 0.25) is 0 Å². The molecular formula is C24H23NO4. The number of rotatable bonds is 6. The van der Waals surface area contributed by atoms with E-state index in [1.54, 1.807) is 13.2 Å². The van der Waals surface area contributed by atoms with Crippen LogP contribution in [0.4, 0.5) is 0 Å². The lowest BCUT2D eigenvalue weighted by Gasteiger charge is -2.11. The van der Waals surface area contributed by atoms with Gasteiger partial charge in [0.25, 0.3) is 0 Å². The van der Waals surface area contributed by atoms with E-state index in [-0.39, 0.29) is 12.4 Å². The van der Waals surface area contributed by atoms with Gasteiger partial charge in [0.15, 0.2) is 0 Å². The third-order valence-electron chi connectivity index (χ3n) is 5.21. The molecule has 0 saturated carbocycles. The number of methoxy groups -OCH3 is 1. The summed E-state index contributed by atoms with van der Waals surface area (Å²) in [6.07, 6.45) is 0. The van der Waals surface area contributed by atoms with Crippen molar-refractivity contribution in [1.82, 2.24) is 4.57 Å². The average molecular weight is 389 g/mol.